The van der Waals surface area contributed by atoms with Crippen molar-refractivity contribution in [1.82, 2.24) is 14.4 Å². The van der Waals surface area contributed by atoms with E-state index in [4.69, 9.17) is 9.97 Å². The van der Waals surface area contributed by atoms with Gasteiger partial charge in [-0.3, -0.25) is 4.79 Å². The molecule has 200 valence electrons. The Morgan fingerprint density at radius 2 is 0.930 bits per heavy atom. The lowest BCUT2D eigenvalue weighted by Crippen LogP contribution is -2.18. The van der Waals surface area contributed by atoms with Gasteiger partial charge in [-0.25, -0.2) is 14.4 Å². The highest BCUT2D eigenvalue weighted by Crippen LogP contribution is 2.37. The first-order chi connectivity index (χ1) is 21.2. The number of nitrogens with zero attached hydrogens (tertiary/aromatic N) is 3. The first-order valence-electron chi connectivity index (χ1n) is 14.4. The summed E-state index contributed by atoms with van der Waals surface area (Å²) < 4.78 is 1.70. The van der Waals surface area contributed by atoms with Crippen LogP contribution in [0.3, 0.4) is 0 Å². The molecule has 2 aromatic heterocycles. The Morgan fingerprint density at radius 1 is 0.395 bits per heavy atom. The van der Waals surface area contributed by atoms with Gasteiger partial charge in [0.25, 0.3) is 5.56 Å². The molecule has 0 aliphatic heterocycles. The van der Waals surface area contributed by atoms with Crippen molar-refractivity contribution >= 4 is 59.8 Å². The molecule has 2 heterocycles. The highest BCUT2D eigenvalue weighted by Gasteiger charge is 2.18. The molecule has 0 bridgehead atoms. The van der Waals surface area contributed by atoms with Gasteiger partial charge in [-0.05, 0) is 73.8 Å². The summed E-state index contributed by atoms with van der Waals surface area (Å²) in [6, 6.07) is 47.5. The summed E-state index contributed by atoms with van der Waals surface area (Å²) in [5.41, 5.74) is 4.96. The zero-order chi connectivity index (χ0) is 28.5. The fourth-order valence-corrected chi connectivity index (χ4v) is 6.54. The molecular formula is C39H23N3O. The van der Waals surface area contributed by atoms with E-state index in [2.05, 4.69) is 91.0 Å². The summed E-state index contributed by atoms with van der Waals surface area (Å²) >= 11 is 0. The van der Waals surface area contributed by atoms with E-state index in [1.165, 1.54) is 26.9 Å². The molecule has 0 amide bonds. The Hall–Kier alpha value is -5.87. The maximum Gasteiger partial charge on any atom is 0.267 e. The molecule has 0 fully saturated rings. The van der Waals surface area contributed by atoms with Crippen LogP contribution in [-0.4, -0.2) is 14.4 Å². The fourth-order valence-electron chi connectivity index (χ4n) is 6.54. The van der Waals surface area contributed by atoms with E-state index in [-0.39, 0.29) is 5.56 Å². The molecule has 0 radical (unpaired) electrons. The van der Waals surface area contributed by atoms with Crippen molar-refractivity contribution in [3.63, 3.8) is 0 Å². The number of rotatable bonds is 2. The van der Waals surface area contributed by atoms with Crippen LogP contribution in [0.5, 0.6) is 0 Å². The van der Waals surface area contributed by atoms with Crippen LogP contribution in [0.4, 0.5) is 0 Å². The molecule has 0 unspecified atom stereocenters. The van der Waals surface area contributed by atoms with Gasteiger partial charge in [-0.1, -0.05) is 109 Å². The van der Waals surface area contributed by atoms with Gasteiger partial charge in [0.15, 0.2) is 5.65 Å². The average molecular weight is 550 g/mol. The van der Waals surface area contributed by atoms with Crippen LogP contribution in [-0.2, 0) is 0 Å². The minimum atomic E-state index is -0.126. The molecular weight excluding hydrogens is 526 g/mol. The number of fused-ring (bicyclic) bond motifs is 10. The summed E-state index contributed by atoms with van der Waals surface area (Å²) in [6.45, 7) is 0. The molecule has 0 aliphatic rings. The van der Waals surface area contributed by atoms with E-state index >= 15 is 0 Å². The monoisotopic (exact) mass is 549 g/mol. The second-order valence-electron chi connectivity index (χ2n) is 11.0. The van der Waals surface area contributed by atoms with Crippen molar-refractivity contribution in [1.29, 1.82) is 0 Å². The zero-order valence-electron chi connectivity index (χ0n) is 23.0. The lowest BCUT2D eigenvalue weighted by molar-refractivity contribution is 1.05. The van der Waals surface area contributed by atoms with E-state index in [0.717, 1.165) is 33.0 Å². The van der Waals surface area contributed by atoms with E-state index in [1.807, 2.05) is 48.5 Å². The van der Waals surface area contributed by atoms with Crippen molar-refractivity contribution in [2.24, 2.45) is 0 Å². The molecule has 43 heavy (non-hydrogen) atoms. The zero-order valence-corrected chi connectivity index (χ0v) is 23.0. The van der Waals surface area contributed by atoms with Crippen LogP contribution < -0.4 is 5.56 Å². The van der Waals surface area contributed by atoms with Crippen LogP contribution in [0.15, 0.2) is 144 Å². The number of para-hydroxylation sites is 1. The van der Waals surface area contributed by atoms with Gasteiger partial charge in [0.05, 0.1) is 16.4 Å². The second-order valence-corrected chi connectivity index (χ2v) is 11.0. The molecule has 9 aromatic rings. The maximum absolute atomic E-state index is 14.2. The Morgan fingerprint density at radius 3 is 1.65 bits per heavy atom. The van der Waals surface area contributed by atoms with Gasteiger partial charge in [0.1, 0.15) is 5.82 Å². The minimum absolute atomic E-state index is 0.126. The van der Waals surface area contributed by atoms with Crippen LogP contribution in [0.25, 0.3) is 82.3 Å². The van der Waals surface area contributed by atoms with Crippen LogP contribution in [0, 0.1) is 0 Å². The van der Waals surface area contributed by atoms with Gasteiger partial charge in [-0.15, -0.1) is 0 Å². The third-order valence-electron chi connectivity index (χ3n) is 8.56. The molecule has 9 rings (SSSR count). The van der Waals surface area contributed by atoms with Crippen molar-refractivity contribution in [2.75, 3.05) is 0 Å². The molecule has 4 heteroatoms. The average Bonchev–Trinajstić information content (AvgIpc) is 3.08. The smallest absolute Gasteiger partial charge is 0.267 e. The van der Waals surface area contributed by atoms with Gasteiger partial charge in [0.2, 0.25) is 0 Å². The quantitative estimate of drug-likeness (QED) is 0.160. The normalized spacial score (nSPS) is 11.8. The highest BCUT2D eigenvalue weighted by molar-refractivity contribution is 6.25. The SMILES string of the molecule is O=c1c2ccccc2nc2c3cc(-c4ccccc4)ccc3nc(-c3ccc4c5ccccc5c5ccccc5c4c3)n12. The van der Waals surface area contributed by atoms with Gasteiger partial charge in [-0.2, -0.15) is 0 Å². The molecule has 7 aromatic carbocycles. The van der Waals surface area contributed by atoms with E-state index in [9.17, 15) is 4.79 Å². The van der Waals surface area contributed by atoms with Crippen LogP contribution >= 0.6 is 0 Å². The first kappa shape index (κ1) is 23.8. The van der Waals surface area contributed by atoms with E-state index in [0.29, 0.717) is 22.4 Å². The molecule has 0 atom stereocenters. The third-order valence-corrected chi connectivity index (χ3v) is 8.56. The Bertz CT molecular complexity index is 2600. The predicted octanol–water partition coefficient (Wildman–Crippen LogP) is 9.19. The van der Waals surface area contributed by atoms with Crippen LogP contribution in [0.1, 0.15) is 0 Å². The second kappa shape index (κ2) is 9.07. The lowest BCUT2D eigenvalue weighted by Gasteiger charge is -2.15. The standard InChI is InChI=1S/C39H23N3O/c43-39-32-16-8-9-17-35(32)41-38-34-22-25(24-10-2-1-3-11-24)19-21-36(34)40-37(42(38)39)26-18-20-31-29-14-5-4-12-27(29)28-13-6-7-15-30(28)33(31)23-26/h1-23H. The Balaban J connectivity index is 1.41. The largest absolute Gasteiger partial charge is 0.268 e. The molecule has 0 saturated heterocycles. The van der Waals surface area contributed by atoms with Gasteiger partial charge < -0.3 is 0 Å². The van der Waals surface area contributed by atoms with Crippen molar-refractivity contribution in [3.8, 4) is 22.5 Å². The topological polar surface area (TPSA) is 47.3 Å². The minimum Gasteiger partial charge on any atom is -0.268 e. The molecule has 4 nitrogen and oxygen atoms in total. The predicted molar refractivity (Wildman–Crippen MR) is 178 cm³/mol. The van der Waals surface area contributed by atoms with Gasteiger partial charge in [0, 0.05) is 10.9 Å². The number of benzene rings is 7. The summed E-state index contributed by atoms with van der Waals surface area (Å²) in [7, 11) is 0. The van der Waals surface area contributed by atoms with Gasteiger partial charge >= 0.3 is 0 Å². The third kappa shape index (κ3) is 3.53. The Labute approximate surface area is 246 Å². The number of aromatic nitrogens is 3. The fraction of sp³-hybridized carbons (Fsp3) is 0. The van der Waals surface area contributed by atoms with E-state index < -0.39 is 0 Å². The highest BCUT2D eigenvalue weighted by atomic mass is 16.1. The molecule has 0 aliphatic carbocycles. The number of hydrogen-bond donors (Lipinski definition) is 0. The van der Waals surface area contributed by atoms with E-state index in [1.54, 1.807) is 4.40 Å². The molecule has 0 spiro atoms. The van der Waals surface area contributed by atoms with Crippen molar-refractivity contribution < 1.29 is 0 Å². The van der Waals surface area contributed by atoms with Crippen molar-refractivity contribution in [2.45, 2.75) is 0 Å². The first-order valence-corrected chi connectivity index (χ1v) is 14.4. The lowest BCUT2D eigenvalue weighted by atomic mass is 9.93. The maximum atomic E-state index is 14.2. The number of hydrogen-bond acceptors (Lipinski definition) is 3. The molecule has 0 N–H and O–H groups in total. The summed E-state index contributed by atoms with van der Waals surface area (Å²) in [5, 5.41) is 8.52. The summed E-state index contributed by atoms with van der Waals surface area (Å²) in [6.07, 6.45) is 0. The summed E-state index contributed by atoms with van der Waals surface area (Å²) in [4.78, 5) is 24.4. The van der Waals surface area contributed by atoms with Crippen LogP contribution in [0.2, 0.25) is 0 Å². The summed E-state index contributed by atoms with van der Waals surface area (Å²) in [5.74, 6) is 0.581. The molecule has 0 saturated carbocycles. The Kier molecular flexibility index (Phi) is 5.02. The van der Waals surface area contributed by atoms with Crippen molar-refractivity contribution in [3.05, 3.63) is 150 Å².